The number of carbonyl (C=O) groups excluding carboxylic acids is 2. The van der Waals surface area contributed by atoms with Gasteiger partial charge in [0.05, 0.1) is 13.2 Å². The molecule has 9 heteroatoms. The fraction of sp³-hybridized carbons (Fsp3) is 0.591. The number of ether oxygens (including phenoxy) is 1. The summed E-state index contributed by atoms with van der Waals surface area (Å²) < 4.78 is 5.25. The van der Waals surface area contributed by atoms with Crippen LogP contribution in [0.25, 0.3) is 0 Å². The van der Waals surface area contributed by atoms with Crippen LogP contribution in [-0.2, 0) is 20.9 Å². The van der Waals surface area contributed by atoms with Gasteiger partial charge in [0.1, 0.15) is 17.8 Å². The number of likely N-dealkylation sites (N-methyl/N-ethyl adjacent to an activating group) is 1. The van der Waals surface area contributed by atoms with E-state index in [2.05, 4.69) is 10.6 Å². The highest BCUT2D eigenvalue weighted by atomic mass is 16.5. The van der Waals surface area contributed by atoms with E-state index in [1.54, 1.807) is 21.1 Å². The number of piperazine rings is 1. The van der Waals surface area contributed by atoms with Crippen molar-refractivity contribution in [3.63, 3.8) is 0 Å². The highest BCUT2D eigenvalue weighted by Gasteiger charge is 2.39. The van der Waals surface area contributed by atoms with E-state index in [4.69, 9.17) is 4.74 Å². The van der Waals surface area contributed by atoms with Crippen molar-refractivity contribution in [3.8, 4) is 5.75 Å². The van der Waals surface area contributed by atoms with E-state index in [0.29, 0.717) is 13.1 Å². The predicted molar refractivity (Wildman–Crippen MR) is 117 cm³/mol. The fourth-order valence-corrected chi connectivity index (χ4v) is 3.59. The Hall–Kier alpha value is -2.65. The van der Waals surface area contributed by atoms with Crippen LogP contribution in [0.15, 0.2) is 24.3 Å². The van der Waals surface area contributed by atoms with Gasteiger partial charge in [-0.15, -0.1) is 0 Å². The van der Waals surface area contributed by atoms with Crippen LogP contribution in [0.4, 0.5) is 0 Å². The van der Waals surface area contributed by atoms with E-state index in [9.17, 15) is 19.5 Å². The van der Waals surface area contributed by atoms with Gasteiger partial charge in [0, 0.05) is 26.2 Å². The van der Waals surface area contributed by atoms with Gasteiger partial charge in [-0.3, -0.25) is 14.5 Å². The van der Waals surface area contributed by atoms with Crippen molar-refractivity contribution >= 4 is 17.8 Å². The van der Waals surface area contributed by atoms with E-state index in [1.807, 2.05) is 43.0 Å². The number of nitrogens with zero attached hydrogens (tertiary/aromatic N) is 2. The second-order valence-corrected chi connectivity index (χ2v) is 8.21. The van der Waals surface area contributed by atoms with Crippen LogP contribution >= 0.6 is 0 Å². The molecule has 0 saturated carbocycles. The molecule has 0 radical (unpaired) electrons. The number of hydrogen-bond donors (Lipinski definition) is 3. The summed E-state index contributed by atoms with van der Waals surface area (Å²) in [7, 11) is 3.27. The molecule has 1 saturated heterocycles. The molecule has 31 heavy (non-hydrogen) atoms. The number of rotatable bonds is 9. The molecule has 2 amide bonds. The van der Waals surface area contributed by atoms with E-state index in [1.165, 1.54) is 4.90 Å². The first kappa shape index (κ1) is 24.6. The standard InChI is InChI=1S/C22H34N4O5/c1-14(2)19(24-20(27)15(3)23-4)21(28)26-10-9-25(13-18(26)22(29)30)12-16-7-6-8-17(11-16)31-5/h6-8,11,14-15,18-19,23H,9-10,12-13H2,1-5H3,(H,24,27)(H,29,30)/t15-,18-,19-/m0/s1. The number of aliphatic carboxylic acids is 1. The average molecular weight is 435 g/mol. The van der Waals surface area contributed by atoms with E-state index >= 15 is 0 Å². The minimum Gasteiger partial charge on any atom is -0.497 e. The van der Waals surface area contributed by atoms with Crippen molar-refractivity contribution in [2.45, 2.75) is 45.4 Å². The molecule has 0 bridgehead atoms. The van der Waals surface area contributed by atoms with Crippen molar-refractivity contribution in [3.05, 3.63) is 29.8 Å². The molecule has 1 aliphatic rings. The number of methoxy groups -OCH3 is 1. The predicted octanol–water partition coefficient (Wildman–Crippen LogP) is 0.541. The zero-order valence-electron chi connectivity index (χ0n) is 18.9. The maximum Gasteiger partial charge on any atom is 0.327 e. The zero-order valence-corrected chi connectivity index (χ0v) is 18.9. The SMILES string of the molecule is CN[C@@H](C)C(=O)N[C@H](C(=O)N1CCN(Cc2cccc(OC)c2)C[C@H]1C(=O)O)C(C)C. The van der Waals surface area contributed by atoms with Gasteiger partial charge in [-0.1, -0.05) is 26.0 Å². The lowest BCUT2D eigenvalue weighted by Crippen LogP contribution is -2.63. The summed E-state index contributed by atoms with van der Waals surface area (Å²) in [6.07, 6.45) is 0. The Morgan fingerprint density at radius 2 is 1.94 bits per heavy atom. The Kier molecular flexibility index (Phi) is 8.82. The van der Waals surface area contributed by atoms with Gasteiger partial charge in [-0.25, -0.2) is 4.79 Å². The first-order valence-corrected chi connectivity index (χ1v) is 10.5. The van der Waals surface area contributed by atoms with E-state index in [0.717, 1.165) is 11.3 Å². The summed E-state index contributed by atoms with van der Waals surface area (Å²) in [5, 5.41) is 15.4. The lowest BCUT2D eigenvalue weighted by atomic mass is 10.00. The minimum atomic E-state index is -1.05. The highest BCUT2D eigenvalue weighted by molar-refractivity contribution is 5.92. The average Bonchev–Trinajstić information content (AvgIpc) is 2.76. The molecule has 1 heterocycles. The van der Waals surface area contributed by atoms with Crippen LogP contribution in [0.5, 0.6) is 5.75 Å². The number of carboxylic acids is 1. The molecule has 1 aromatic carbocycles. The summed E-state index contributed by atoms with van der Waals surface area (Å²) in [4.78, 5) is 41.0. The number of nitrogens with one attached hydrogen (secondary N) is 2. The maximum atomic E-state index is 13.2. The number of carboxylic acid groups (broad SMARTS) is 1. The molecule has 1 aromatic rings. The molecule has 0 aliphatic carbocycles. The summed E-state index contributed by atoms with van der Waals surface area (Å²) in [5.41, 5.74) is 1.01. The third-order valence-electron chi connectivity index (χ3n) is 5.63. The van der Waals surface area contributed by atoms with Crippen LogP contribution in [0, 0.1) is 5.92 Å². The summed E-state index contributed by atoms with van der Waals surface area (Å²) in [5.74, 6) is -1.14. The minimum absolute atomic E-state index is 0.176. The van der Waals surface area contributed by atoms with Gasteiger partial charge in [0.15, 0.2) is 0 Å². The van der Waals surface area contributed by atoms with Gasteiger partial charge in [-0.05, 0) is 37.6 Å². The second kappa shape index (κ2) is 11.1. The third kappa shape index (κ3) is 6.41. The molecule has 172 valence electrons. The fourth-order valence-electron chi connectivity index (χ4n) is 3.59. The van der Waals surface area contributed by atoms with Crippen LogP contribution in [0.3, 0.4) is 0 Å². The van der Waals surface area contributed by atoms with Gasteiger partial charge < -0.3 is 25.4 Å². The molecule has 0 aromatic heterocycles. The Morgan fingerprint density at radius 1 is 1.23 bits per heavy atom. The Balaban J connectivity index is 2.12. The lowest BCUT2D eigenvalue weighted by Gasteiger charge is -2.41. The molecule has 1 fully saturated rings. The largest absolute Gasteiger partial charge is 0.497 e. The quantitative estimate of drug-likeness (QED) is 0.520. The van der Waals surface area contributed by atoms with Crippen molar-refractivity contribution < 1.29 is 24.2 Å². The molecule has 2 rings (SSSR count). The molecule has 1 aliphatic heterocycles. The van der Waals surface area contributed by atoms with Crippen molar-refractivity contribution in [1.82, 2.24) is 20.4 Å². The number of carbonyl (C=O) groups is 3. The smallest absolute Gasteiger partial charge is 0.327 e. The van der Waals surface area contributed by atoms with Crippen LogP contribution in [-0.4, -0.2) is 84.6 Å². The van der Waals surface area contributed by atoms with Crippen molar-refractivity contribution in [1.29, 1.82) is 0 Å². The highest BCUT2D eigenvalue weighted by Crippen LogP contribution is 2.19. The Bertz CT molecular complexity index is 785. The number of hydrogen-bond acceptors (Lipinski definition) is 6. The van der Waals surface area contributed by atoms with Crippen LogP contribution in [0.1, 0.15) is 26.3 Å². The molecular weight excluding hydrogens is 400 g/mol. The molecule has 3 atom stereocenters. The number of benzene rings is 1. The van der Waals surface area contributed by atoms with Crippen LogP contribution < -0.4 is 15.4 Å². The summed E-state index contributed by atoms with van der Waals surface area (Å²) >= 11 is 0. The topological polar surface area (TPSA) is 111 Å². The first-order valence-electron chi connectivity index (χ1n) is 10.5. The third-order valence-corrected chi connectivity index (χ3v) is 5.63. The van der Waals surface area contributed by atoms with Crippen molar-refractivity contribution in [2.75, 3.05) is 33.8 Å². The molecule has 3 N–H and O–H groups in total. The Labute approximate surface area is 183 Å². The second-order valence-electron chi connectivity index (χ2n) is 8.21. The van der Waals surface area contributed by atoms with E-state index in [-0.39, 0.29) is 30.8 Å². The molecule has 0 unspecified atom stereocenters. The number of amides is 2. The van der Waals surface area contributed by atoms with E-state index < -0.39 is 24.1 Å². The molecule has 9 nitrogen and oxygen atoms in total. The molecule has 0 spiro atoms. The van der Waals surface area contributed by atoms with Gasteiger partial charge in [0.2, 0.25) is 11.8 Å². The normalized spacial score (nSPS) is 19.0. The monoisotopic (exact) mass is 434 g/mol. The van der Waals surface area contributed by atoms with Crippen LogP contribution in [0.2, 0.25) is 0 Å². The van der Waals surface area contributed by atoms with Crippen molar-refractivity contribution in [2.24, 2.45) is 5.92 Å². The Morgan fingerprint density at radius 3 is 2.52 bits per heavy atom. The first-order chi connectivity index (χ1) is 14.7. The zero-order chi connectivity index (χ0) is 23.1. The van der Waals surface area contributed by atoms with Gasteiger partial charge >= 0.3 is 5.97 Å². The summed E-state index contributed by atoms with van der Waals surface area (Å²) in [6, 6.07) is 5.41. The summed E-state index contributed by atoms with van der Waals surface area (Å²) in [6.45, 7) is 6.97. The lowest BCUT2D eigenvalue weighted by molar-refractivity contribution is -0.155. The van der Waals surface area contributed by atoms with Gasteiger partial charge in [-0.2, -0.15) is 0 Å². The maximum absolute atomic E-state index is 13.2. The molecular formula is C22H34N4O5. The van der Waals surface area contributed by atoms with Gasteiger partial charge in [0.25, 0.3) is 0 Å².